The number of rotatable bonds is 28. The topological polar surface area (TPSA) is 281 Å². The number of carbonyl (C=O) groups excluding carboxylic acids is 2. The Bertz CT molecular complexity index is 1240. The smallest absolute Gasteiger partial charge is 0.339 e. The summed E-state index contributed by atoms with van der Waals surface area (Å²) in [6.45, 7) is -0.0543. The van der Waals surface area contributed by atoms with Crippen LogP contribution in [-0.4, -0.2) is 143 Å². The number of unbranched alkanes of at least 4 members (excludes halogenated alkanes) is 12. The molecule has 54 heavy (non-hydrogen) atoms. The first-order valence-corrected chi connectivity index (χ1v) is 19.1. The van der Waals surface area contributed by atoms with E-state index in [1.165, 1.54) is 12.1 Å². The molecule has 0 spiro atoms. The molecule has 1 aliphatic rings. The number of carbonyl (C=O) groups is 3. The molecule has 10 N–H and O–H groups in total. The molecular formula is C38H62O16. The molecule has 10 unspecified atom stereocenters. The highest BCUT2D eigenvalue weighted by molar-refractivity contribution is 5.94. The van der Waals surface area contributed by atoms with Gasteiger partial charge < -0.3 is 65.3 Å². The second-order valence-electron chi connectivity index (χ2n) is 14.2. The molecule has 1 saturated heterocycles. The second kappa shape index (κ2) is 25.4. The molecule has 0 saturated carbocycles. The molecule has 1 aromatic rings. The van der Waals surface area contributed by atoms with E-state index < -0.39 is 86.4 Å². The van der Waals surface area contributed by atoms with E-state index in [9.17, 15) is 65.4 Å². The molecule has 0 aromatic heterocycles. The number of esters is 1. The number of hydrogen-bond acceptors (Lipinski definition) is 15. The van der Waals surface area contributed by atoms with Gasteiger partial charge in [0, 0.05) is 12.8 Å². The molecular weight excluding hydrogens is 712 g/mol. The van der Waals surface area contributed by atoms with Crippen molar-refractivity contribution in [3.63, 3.8) is 0 Å². The van der Waals surface area contributed by atoms with Crippen LogP contribution in [0.3, 0.4) is 0 Å². The Morgan fingerprint density at radius 1 is 0.778 bits per heavy atom. The zero-order valence-corrected chi connectivity index (χ0v) is 31.2. The lowest BCUT2D eigenvalue weighted by molar-refractivity contribution is -0.322. The monoisotopic (exact) mass is 774 g/mol. The van der Waals surface area contributed by atoms with Gasteiger partial charge in [0.25, 0.3) is 0 Å². The summed E-state index contributed by atoms with van der Waals surface area (Å²) >= 11 is 0. The SMILES string of the molecule is CC(CCCCCCCCCCCCCCCC(=O)Cc1cccc(O)c1C(=O)O)OC(=O)C(O)C(O)C(O)C(CO)OC1OC(CO)C(O)C(O)C1O. The number of aromatic hydroxyl groups is 1. The number of ether oxygens (including phenoxy) is 3. The van der Waals surface area contributed by atoms with Gasteiger partial charge in [0.2, 0.25) is 0 Å². The highest BCUT2D eigenvalue weighted by Gasteiger charge is 2.46. The Morgan fingerprint density at radius 2 is 1.33 bits per heavy atom. The van der Waals surface area contributed by atoms with Gasteiger partial charge in [0.15, 0.2) is 12.4 Å². The number of aliphatic hydroxyl groups excluding tert-OH is 8. The lowest BCUT2D eigenvalue weighted by Gasteiger charge is -2.41. The number of phenols is 1. The molecule has 1 fully saturated rings. The largest absolute Gasteiger partial charge is 0.507 e. The van der Waals surface area contributed by atoms with Crippen molar-refractivity contribution in [1.29, 1.82) is 0 Å². The predicted octanol–water partition coefficient (Wildman–Crippen LogP) is 1.25. The fraction of sp³-hybridized carbons (Fsp3) is 0.763. The first-order valence-electron chi connectivity index (χ1n) is 19.1. The number of benzene rings is 1. The number of ketones is 1. The van der Waals surface area contributed by atoms with Crippen molar-refractivity contribution in [1.82, 2.24) is 0 Å². The van der Waals surface area contributed by atoms with Gasteiger partial charge in [0.05, 0.1) is 19.3 Å². The van der Waals surface area contributed by atoms with Gasteiger partial charge in [-0.05, 0) is 37.8 Å². The normalized spacial score (nSPS) is 22.9. The van der Waals surface area contributed by atoms with Gasteiger partial charge in [-0.2, -0.15) is 0 Å². The molecule has 10 atom stereocenters. The van der Waals surface area contributed by atoms with Crippen molar-refractivity contribution in [3.05, 3.63) is 29.3 Å². The van der Waals surface area contributed by atoms with Crippen LogP contribution >= 0.6 is 0 Å². The third-order valence-electron chi connectivity index (χ3n) is 9.75. The molecule has 16 heteroatoms. The molecule has 0 bridgehead atoms. The molecule has 1 aromatic carbocycles. The minimum absolute atomic E-state index is 0.00322. The average molecular weight is 775 g/mol. The molecule has 16 nitrogen and oxygen atoms in total. The summed E-state index contributed by atoms with van der Waals surface area (Å²) in [6.07, 6.45) is -2.73. The summed E-state index contributed by atoms with van der Waals surface area (Å²) in [5.41, 5.74) is 0.125. The standard InChI is InChI=1S/C38H62O16/c1-23(52-37(51)34(47)32(45)30(43)27(21-39)53-38-35(48)33(46)31(44)28(22-40)54-38)16-13-11-9-7-5-3-2-4-6-8-10-12-14-18-25(41)20-24-17-15-19-26(42)29(24)36(49)50/h15,17,19,23,27-28,30-35,38-40,42-48H,2-14,16,18,20-22H2,1H3,(H,49,50). The maximum atomic E-state index is 12.4. The summed E-state index contributed by atoms with van der Waals surface area (Å²) in [5.74, 6) is -2.80. The summed E-state index contributed by atoms with van der Waals surface area (Å²) in [4.78, 5) is 36.1. The van der Waals surface area contributed by atoms with Gasteiger partial charge in [-0.1, -0.05) is 82.8 Å². The molecule has 1 aliphatic heterocycles. The second-order valence-corrected chi connectivity index (χ2v) is 14.2. The summed E-state index contributed by atoms with van der Waals surface area (Å²) in [7, 11) is 0. The van der Waals surface area contributed by atoms with E-state index in [0.29, 0.717) is 18.4 Å². The van der Waals surface area contributed by atoms with Gasteiger partial charge in [-0.15, -0.1) is 0 Å². The number of aromatic carboxylic acids is 1. The zero-order valence-electron chi connectivity index (χ0n) is 31.2. The van der Waals surface area contributed by atoms with Crippen molar-refractivity contribution < 1.29 is 79.7 Å². The third-order valence-corrected chi connectivity index (χ3v) is 9.75. The maximum Gasteiger partial charge on any atom is 0.339 e. The van der Waals surface area contributed by atoms with Crippen LogP contribution in [0.2, 0.25) is 0 Å². The molecule has 0 amide bonds. The Kier molecular flexibility index (Phi) is 22.3. The fourth-order valence-corrected chi connectivity index (χ4v) is 6.44. The quantitative estimate of drug-likeness (QED) is 0.0424. The highest BCUT2D eigenvalue weighted by Crippen LogP contribution is 2.25. The highest BCUT2D eigenvalue weighted by atomic mass is 16.7. The number of aliphatic hydroxyl groups is 8. The van der Waals surface area contributed by atoms with Crippen LogP contribution in [-0.2, 0) is 30.2 Å². The Hall–Kier alpha value is -2.77. The van der Waals surface area contributed by atoms with Crippen LogP contribution < -0.4 is 0 Å². The van der Waals surface area contributed by atoms with E-state index in [0.717, 1.165) is 83.5 Å². The number of hydrogen-bond donors (Lipinski definition) is 10. The first kappa shape index (κ1) is 47.4. The molecule has 1 heterocycles. The minimum atomic E-state index is -2.19. The van der Waals surface area contributed by atoms with Gasteiger partial charge >= 0.3 is 11.9 Å². The van der Waals surface area contributed by atoms with Crippen molar-refractivity contribution in [2.45, 2.75) is 171 Å². The minimum Gasteiger partial charge on any atom is -0.507 e. The lowest BCUT2D eigenvalue weighted by Crippen LogP contribution is -2.61. The predicted molar refractivity (Wildman–Crippen MR) is 192 cm³/mol. The van der Waals surface area contributed by atoms with E-state index in [4.69, 9.17) is 14.2 Å². The molecule has 310 valence electrons. The van der Waals surface area contributed by atoms with Crippen LogP contribution in [0.4, 0.5) is 0 Å². The Balaban J connectivity index is 1.50. The van der Waals surface area contributed by atoms with Gasteiger partial charge in [-0.25, -0.2) is 9.59 Å². The van der Waals surface area contributed by atoms with E-state index in [-0.39, 0.29) is 23.5 Å². The first-order chi connectivity index (χ1) is 25.7. The Morgan fingerprint density at radius 3 is 1.87 bits per heavy atom. The fourth-order valence-electron chi connectivity index (χ4n) is 6.44. The maximum absolute atomic E-state index is 12.4. The van der Waals surface area contributed by atoms with E-state index in [2.05, 4.69) is 0 Å². The van der Waals surface area contributed by atoms with Crippen molar-refractivity contribution in [2.75, 3.05) is 13.2 Å². The van der Waals surface area contributed by atoms with Gasteiger partial charge in [0.1, 0.15) is 59.8 Å². The number of carboxylic acid groups (broad SMARTS) is 1. The number of Topliss-reactive ketones (excluding diaryl/α,β-unsaturated/α-hetero) is 1. The zero-order chi connectivity index (χ0) is 40.2. The number of carboxylic acids is 1. The summed E-state index contributed by atoms with van der Waals surface area (Å²) in [6, 6.07) is 4.39. The van der Waals surface area contributed by atoms with Crippen molar-refractivity contribution in [2.24, 2.45) is 0 Å². The Labute approximate surface area is 316 Å². The van der Waals surface area contributed by atoms with Crippen LogP contribution in [0.1, 0.15) is 119 Å². The molecule has 0 radical (unpaired) electrons. The summed E-state index contributed by atoms with van der Waals surface area (Å²) < 4.78 is 15.6. The van der Waals surface area contributed by atoms with E-state index in [1.54, 1.807) is 13.0 Å². The lowest BCUT2D eigenvalue weighted by atomic mass is 9.98. The molecule has 2 rings (SSSR count). The van der Waals surface area contributed by atoms with Crippen LogP contribution in [0.15, 0.2) is 18.2 Å². The van der Waals surface area contributed by atoms with Crippen LogP contribution in [0, 0.1) is 0 Å². The van der Waals surface area contributed by atoms with Crippen molar-refractivity contribution >= 4 is 17.7 Å². The third kappa shape index (κ3) is 15.8. The van der Waals surface area contributed by atoms with Gasteiger partial charge in [-0.3, -0.25) is 4.79 Å². The molecule has 0 aliphatic carbocycles. The summed E-state index contributed by atoms with van der Waals surface area (Å²) in [5, 5.41) is 99.1. The average Bonchev–Trinajstić information content (AvgIpc) is 3.14. The van der Waals surface area contributed by atoms with E-state index >= 15 is 0 Å². The van der Waals surface area contributed by atoms with Crippen LogP contribution in [0.5, 0.6) is 5.75 Å². The van der Waals surface area contributed by atoms with Crippen LogP contribution in [0.25, 0.3) is 0 Å². The van der Waals surface area contributed by atoms with E-state index in [1.807, 2.05) is 0 Å². The van der Waals surface area contributed by atoms with Crippen molar-refractivity contribution in [3.8, 4) is 5.75 Å².